The topological polar surface area (TPSA) is 40.7 Å². The molecule has 3 nitrogen and oxygen atoms in total. The summed E-state index contributed by atoms with van der Waals surface area (Å²) in [4.78, 5) is 0. The van der Waals surface area contributed by atoms with Crippen molar-refractivity contribution in [3.8, 4) is 0 Å². The Kier molecular flexibility index (Phi) is 2.68. The third-order valence-corrected chi connectivity index (χ3v) is 3.24. The molecule has 1 saturated heterocycles. The van der Waals surface area contributed by atoms with E-state index in [1.54, 1.807) is 0 Å². The number of hydrogen-bond donors (Lipinski definition) is 2. The zero-order chi connectivity index (χ0) is 8.23. The van der Waals surface area contributed by atoms with E-state index in [0.29, 0.717) is 6.04 Å². The lowest BCUT2D eigenvalue weighted by molar-refractivity contribution is 0.558. The van der Waals surface area contributed by atoms with E-state index in [4.69, 9.17) is 0 Å². The Morgan fingerprint density at radius 1 is 1.75 bits per heavy atom. The van der Waals surface area contributed by atoms with Crippen LogP contribution in [0, 0.1) is 0 Å². The lowest BCUT2D eigenvalue weighted by Crippen LogP contribution is -2.27. The number of thioether (sulfide) groups is 1. The fourth-order valence-electron chi connectivity index (χ4n) is 1.33. The Hall–Kier alpha value is -0.480. The highest BCUT2D eigenvalue weighted by Gasteiger charge is 2.14. The first-order valence-electron chi connectivity index (χ1n) is 4.24. The number of nitrogens with zero attached hydrogens (tertiary/aromatic N) is 1. The van der Waals surface area contributed by atoms with Gasteiger partial charge in [-0.2, -0.15) is 16.9 Å². The fraction of sp³-hybridized carbons (Fsp3) is 0.625. The summed E-state index contributed by atoms with van der Waals surface area (Å²) in [6, 6.07) is 0.713. The van der Waals surface area contributed by atoms with Crippen LogP contribution in [0.25, 0.3) is 0 Å². The van der Waals surface area contributed by atoms with Crippen LogP contribution in [0.1, 0.15) is 12.0 Å². The molecule has 12 heavy (non-hydrogen) atoms. The quantitative estimate of drug-likeness (QED) is 0.734. The van der Waals surface area contributed by atoms with Gasteiger partial charge >= 0.3 is 0 Å². The van der Waals surface area contributed by atoms with Gasteiger partial charge in [0, 0.05) is 30.1 Å². The molecule has 0 aromatic carbocycles. The molecule has 66 valence electrons. The predicted octanol–water partition coefficient (Wildman–Crippen LogP) is 1.00. The normalized spacial score (nSPS) is 23.2. The molecule has 1 unspecified atom stereocenters. The van der Waals surface area contributed by atoms with Gasteiger partial charge in [-0.05, 0) is 12.2 Å². The molecule has 1 atom stereocenters. The molecular formula is C8H13N3S. The molecule has 1 aliphatic rings. The molecule has 4 heteroatoms. The number of hydrogen-bond acceptors (Lipinski definition) is 3. The Balaban J connectivity index is 1.74. The molecule has 0 saturated carbocycles. The first kappa shape index (κ1) is 8.13. The van der Waals surface area contributed by atoms with Crippen LogP contribution in [0.3, 0.4) is 0 Å². The van der Waals surface area contributed by atoms with E-state index in [2.05, 4.69) is 15.5 Å². The smallest absolute Gasteiger partial charge is 0.0532 e. The maximum absolute atomic E-state index is 3.90. The third-order valence-electron chi connectivity index (χ3n) is 2.08. The Morgan fingerprint density at radius 2 is 2.75 bits per heavy atom. The van der Waals surface area contributed by atoms with Crippen LogP contribution in [0.5, 0.6) is 0 Å². The number of aromatic nitrogens is 2. The van der Waals surface area contributed by atoms with Crippen LogP contribution in [-0.4, -0.2) is 27.7 Å². The average molecular weight is 183 g/mol. The van der Waals surface area contributed by atoms with Crippen LogP contribution in [-0.2, 0) is 6.54 Å². The monoisotopic (exact) mass is 183 g/mol. The highest BCUT2D eigenvalue weighted by molar-refractivity contribution is 7.99. The highest BCUT2D eigenvalue weighted by Crippen LogP contribution is 2.17. The Morgan fingerprint density at radius 3 is 3.42 bits per heavy atom. The molecule has 2 N–H and O–H groups in total. The van der Waals surface area contributed by atoms with Gasteiger partial charge in [0.15, 0.2) is 0 Å². The first-order chi connectivity index (χ1) is 5.95. The standard InChI is InChI=1S/C8H13N3S/c1-2-12-6-8(1)9-3-7-4-10-11-5-7/h4-5,8-9H,1-3,6H2,(H,10,11). The SMILES string of the molecule is c1n[nH]cc1CNC1CCSC1. The molecule has 0 spiro atoms. The molecule has 1 aromatic heterocycles. The van der Waals surface area contributed by atoms with Crippen LogP contribution < -0.4 is 5.32 Å². The maximum Gasteiger partial charge on any atom is 0.0532 e. The molecule has 0 amide bonds. The number of H-pyrrole nitrogens is 1. The third kappa shape index (κ3) is 2.01. The summed E-state index contributed by atoms with van der Waals surface area (Å²) in [5.41, 5.74) is 1.24. The summed E-state index contributed by atoms with van der Waals surface area (Å²) >= 11 is 2.03. The van der Waals surface area contributed by atoms with Gasteiger partial charge < -0.3 is 5.32 Å². The number of rotatable bonds is 3. The first-order valence-corrected chi connectivity index (χ1v) is 5.39. The van der Waals surface area contributed by atoms with E-state index in [9.17, 15) is 0 Å². The van der Waals surface area contributed by atoms with Crippen LogP contribution >= 0.6 is 11.8 Å². The van der Waals surface area contributed by atoms with Crippen molar-refractivity contribution in [1.82, 2.24) is 15.5 Å². The van der Waals surface area contributed by atoms with E-state index in [1.165, 1.54) is 23.5 Å². The minimum Gasteiger partial charge on any atom is -0.309 e. The number of aromatic amines is 1. The summed E-state index contributed by atoms with van der Waals surface area (Å²) in [7, 11) is 0. The van der Waals surface area contributed by atoms with Gasteiger partial charge in [0.2, 0.25) is 0 Å². The van der Waals surface area contributed by atoms with Gasteiger partial charge in [-0.1, -0.05) is 0 Å². The van der Waals surface area contributed by atoms with E-state index < -0.39 is 0 Å². The van der Waals surface area contributed by atoms with Crippen LogP contribution in [0.15, 0.2) is 12.4 Å². The molecule has 2 rings (SSSR count). The van der Waals surface area contributed by atoms with E-state index in [-0.39, 0.29) is 0 Å². The summed E-state index contributed by atoms with van der Waals surface area (Å²) in [5.74, 6) is 2.57. The van der Waals surface area contributed by atoms with Crippen molar-refractivity contribution in [2.45, 2.75) is 19.0 Å². The highest BCUT2D eigenvalue weighted by atomic mass is 32.2. The summed E-state index contributed by atoms with van der Waals surface area (Å²) in [6.45, 7) is 0.946. The summed E-state index contributed by atoms with van der Waals surface area (Å²) < 4.78 is 0. The van der Waals surface area contributed by atoms with Crippen LogP contribution in [0.4, 0.5) is 0 Å². The molecule has 1 aliphatic heterocycles. The Bertz CT molecular complexity index is 216. The van der Waals surface area contributed by atoms with Crippen molar-refractivity contribution in [3.05, 3.63) is 18.0 Å². The predicted molar refractivity (Wildman–Crippen MR) is 51.2 cm³/mol. The summed E-state index contributed by atoms with van der Waals surface area (Å²) in [6.07, 6.45) is 5.12. The van der Waals surface area contributed by atoms with Gasteiger partial charge in [0.25, 0.3) is 0 Å². The molecule has 0 aliphatic carbocycles. The molecule has 0 bridgehead atoms. The zero-order valence-corrected chi connectivity index (χ0v) is 7.73. The molecular weight excluding hydrogens is 170 g/mol. The van der Waals surface area contributed by atoms with Crippen molar-refractivity contribution >= 4 is 11.8 Å². The summed E-state index contributed by atoms with van der Waals surface area (Å²) in [5, 5.41) is 10.2. The van der Waals surface area contributed by atoms with Gasteiger partial charge in [0.1, 0.15) is 0 Å². The number of nitrogens with one attached hydrogen (secondary N) is 2. The molecule has 0 radical (unpaired) electrons. The maximum atomic E-state index is 3.90. The second-order valence-electron chi connectivity index (χ2n) is 3.05. The Labute approximate surface area is 76.3 Å². The minimum absolute atomic E-state index is 0.713. The fourth-order valence-corrected chi connectivity index (χ4v) is 2.52. The minimum atomic E-state index is 0.713. The largest absolute Gasteiger partial charge is 0.309 e. The zero-order valence-electron chi connectivity index (χ0n) is 6.92. The molecule has 1 fully saturated rings. The lowest BCUT2D eigenvalue weighted by Gasteiger charge is -2.08. The van der Waals surface area contributed by atoms with Gasteiger partial charge in [-0.15, -0.1) is 0 Å². The lowest BCUT2D eigenvalue weighted by atomic mass is 10.2. The van der Waals surface area contributed by atoms with Gasteiger partial charge in [-0.3, -0.25) is 5.10 Å². The van der Waals surface area contributed by atoms with E-state index in [0.717, 1.165) is 6.54 Å². The molecule has 1 aromatic rings. The van der Waals surface area contributed by atoms with Crippen LogP contribution in [0.2, 0.25) is 0 Å². The average Bonchev–Trinajstić information content (AvgIpc) is 2.74. The van der Waals surface area contributed by atoms with Crippen molar-refractivity contribution in [2.24, 2.45) is 0 Å². The van der Waals surface area contributed by atoms with Crippen molar-refractivity contribution in [3.63, 3.8) is 0 Å². The second-order valence-corrected chi connectivity index (χ2v) is 4.20. The van der Waals surface area contributed by atoms with Crippen molar-refractivity contribution in [2.75, 3.05) is 11.5 Å². The second kappa shape index (κ2) is 3.96. The van der Waals surface area contributed by atoms with E-state index >= 15 is 0 Å². The van der Waals surface area contributed by atoms with Gasteiger partial charge in [0.05, 0.1) is 6.20 Å². The molecule has 2 heterocycles. The van der Waals surface area contributed by atoms with E-state index in [1.807, 2.05) is 24.2 Å². The van der Waals surface area contributed by atoms with Crippen molar-refractivity contribution in [1.29, 1.82) is 0 Å². The van der Waals surface area contributed by atoms with Gasteiger partial charge in [-0.25, -0.2) is 0 Å². The van der Waals surface area contributed by atoms with Crippen molar-refractivity contribution < 1.29 is 0 Å².